The Bertz CT molecular complexity index is 1190. The van der Waals surface area contributed by atoms with Crippen molar-refractivity contribution in [2.24, 2.45) is 0 Å². The molecule has 0 bridgehead atoms. The zero-order valence-electron chi connectivity index (χ0n) is 20.2. The molecular weight excluding hydrogens is 462 g/mol. The Morgan fingerprint density at radius 2 is 1.94 bits per heavy atom. The number of H-pyrrole nitrogens is 1. The number of morpholine rings is 1. The van der Waals surface area contributed by atoms with Gasteiger partial charge in [-0.15, -0.1) is 11.3 Å². The van der Waals surface area contributed by atoms with E-state index >= 15 is 0 Å². The molecule has 3 aromatic rings. The van der Waals surface area contributed by atoms with Gasteiger partial charge in [-0.2, -0.15) is 5.10 Å². The smallest absolute Gasteiger partial charge is 0.282 e. The van der Waals surface area contributed by atoms with Gasteiger partial charge in [0.05, 0.1) is 30.7 Å². The molecule has 1 amide bonds. The number of hydrogen-bond acceptors (Lipinski definition) is 7. The van der Waals surface area contributed by atoms with Crippen molar-refractivity contribution in [1.82, 2.24) is 25.0 Å². The van der Waals surface area contributed by atoms with Crippen LogP contribution in [0.2, 0.25) is 0 Å². The standard InChI is InChI=1S/C26H31N5O3S/c1-16-14-31(15-17(2)34-16)20-5-8-30(9-6-20)26(32)25-29-24-21-4-3-18(19-12-27-28-13-19)11-22(21)33-10-7-23(24)35-25/h3-4,11-13,16-17,20H,5-10,14-15H2,1-2H3,(H,27,28). The van der Waals surface area contributed by atoms with E-state index in [0.717, 1.165) is 78.5 Å². The van der Waals surface area contributed by atoms with Gasteiger partial charge in [0, 0.05) is 60.8 Å². The number of rotatable bonds is 3. The third kappa shape index (κ3) is 4.48. The van der Waals surface area contributed by atoms with Gasteiger partial charge in [-0.3, -0.25) is 14.8 Å². The summed E-state index contributed by atoms with van der Waals surface area (Å²) in [7, 11) is 0. The van der Waals surface area contributed by atoms with E-state index in [0.29, 0.717) is 17.7 Å². The molecule has 5 heterocycles. The fourth-order valence-electron chi connectivity index (χ4n) is 5.59. The first-order valence-electron chi connectivity index (χ1n) is 12.5. The molecule has 184 valence electrons. The molecule has 0 radical (unpaired) electrons. The van der Waals surface area contributed by atoms with E-state index in [4.69, 9.17) is 14.5 Å². The molecule has 2 saturated heterocycles. The second-order valence-electron chi connectivity index (χ2n) is 9.82. The van der Waals surface area contributed by atoms with Gasteiger partial charge < -0.3 is 14.4 Å². The predicted octanol–water partition coefficient (Wildman–Crippen LogP) is 3.85. The first kappa shape index (κ1) is 22.7. The molecule has 9 heteroatoms. The van der Waals surface area contributed by atoms with Crippen LogP contribution in [0, 0.1) is 0 Å². The maximum absolute atomic E-state index is 13.4. The number of aromatic amines is 1. The number of likely N-dealkylation sites (tertiary alicyclic amines) is 1. The van der Waals surface area contributed by atoms with Crippen LogP contribution in [0.15, 0.2) is 30.6 Å². The quantitative estimate of drug-likeness (QED) is 0.597. The third-order valence-electron chi connectivity index (χ3n) is 7.25. The van der Waals surface area contributed by atoms with Crippen LogP contribution in [0.25, 0.3) is 22.4 Å². The summed E-state index contributed by atoms with van der Waals surface area (Å²) in [6.45, 7) is 8.39. The van der Waals surface area contributed by atoms with E-state index in [2.05, 4.69) is 35.0 Å². The summed E-state index contributed by atoms with van der Waals surface area (Å²) in [6, 6.07) is 6.66. The summed E-state index contributed by atoms with van der Waals surface area (Å²) < 4.78 is 12.0. The minimum Gasteiger partial charge on any atom is -0.492 e. The zero-order chi connectivity index (χ0) is 23.9. The molecule has 0 saturated carbocycles. The van der Waals surface area contributed by atoms with Gasteiger partial charge in [0.2, 0.25) is 0 Å². The van der Waals surface area contributed by atoms with Crippen molar-refractivity contribution >= 4 is 17.2 Å². The summed E-state index contributed by atoms with van der Waals surface area (Å²) in [5.74, 6) is 0.865. The van der Waals surface area contributed by atoms with Crippen molar-refractivity contribution in [3.63, 3.8) is 0 Å². The Morgan fingerprint density at radius 1 is 1.14 bits per heavy atom. The third-order valence-corrected chi connectivity index (χ3v) is 8.35. The van der Waals surface area contributed by atoms with Gasteiger partial charge in [0.15, 0.2) is 5.01 Å². The summed E-state index contributed by atoms with van der Waals surface area (Å²) in [5.41, 5.74) is 3.89. The normalized spacial score (nSPS) is 23.3. The van der Waals surface area contributed by atoms with Crippen LogP contribution in [-0.4, -0.2) is 81.9 Å². The second kappa shape index (κ2) is 9.37. The van der Waals surface area contributed by atoms with E-state index < -0.39 is 0 Å². The lowest BCUT2D eigenvalue weighted by atomic mass is 10.0. The number of piperidine rings is 1. The molecule has 3 aliphatic rings. The molecule has 2 fully saturated rings. The van der Waals surface area contributed by atoms with Crippen LogP contribution < -0.4 is 4.74 Å². The molecule has 2 aromatic heterocycles. The summed E-state index contributed by atoms with van der Waals surface area (Å²) in [4.78, 5) is 23.9. The topological polar surface area (TPSA) is 83.6 Å². The molecule has 35 heavy (non-hydrogen) atoms. The number of nitrogens with zero attached hydrogens (tertiary/aromatic N) is 4. The lowest BCUT2D eigenvalue weighted by Crippen LogP contribution is -2.53. The number of thiazole rings is 1. The van der Waals surface area contributed by atoms with E-state index in [1.807, 2.05) is 23.2 Å². The van der Waals surface area contributed by atoms with Crippen molar-refractivity contribution in [3.05, 3.63) is 40.5 Å². The highest BCUT2D eigenvalue weighted by atomic mass is 32.1. The molecule has 0 spiro atoms. The number of nitrogens with one attached hydrogen (secondary N) is 1. The average molecular weight is 494 g/mol. The number of fused-ring (bicyclic) bond motifs is 3. The Morgan fingerprint density at radius 3 is 2.69 bits per heavy atom. The lowest BCUT2D eigenvalue weighted by Gasteiger charge is -2.43. The summed E-state index contributed by atoms with van der Waals surface area (Å²) in [5, 5.41) is 7.49. The highest BCUT2D eigenvalue weighted by Crippen LogP contribution is 2.40. The highest BCUT2D eigenvalue weighted by molar-refractivity contribution is 7.14. The summed E-state index contributed by atoms with van der Waals surface area (Å²) in [6.07, 6.45) is 6.97. The fraction of sp³-hybridized carbons (Fsp3) is 0.500. The summed E-state index contributed by atoms with van der Waals surface area (Å²) >= 11 is 1.52. The number of carbonyl (C=O) groups is 1. The van der Waals surface area contributed by atoms with Gasteiger partial charge in [-0.05, 0) is 44.4 Å². The van der Waals surface area contributed by atoms with Gasteiger partial charge in [-0.25, -0.2) is 4.98 Å². The zero-order valence-corrected chi connectivity index (χ0v) is 21.0. The first-order chi connectivity index (χ1) is 17.0. The monoisotopic (exact) mass is 493 g/mol. The number of hydrogen-bond donors (Lipinski definition) is 1. The number of amides is 1. The molecule has 2 unspecified atom stereocenters. The van der Waals surface area contributed by atoms with Crippen molar-refractivity contribution in [2.45, 2.75) is 51.4 Å². The molecule has 1 aromatic carbocycles. The van der Waals surface area contributed by atoms with Crippen molar-refractivity contribution in [3.8, 4) is 28.1 Å². The van der Waals surface area contributed by atoms with Crippen LogP contribution in [0.1, 0.15) is 41.4 Å². The second-order valence-corrected chi connectivity index (χ2v) is 10.9. The average Bonchev–Trinajstić information content (AvgIpc) is 3.51. The minimum absolute atomic E-state index is 0.0581. The first-order valence-corrected chi connectivity index (χ1v) is 13.3. The van der Waals surface area contributed by atoms with Gasteiger partial charge in [0.25, 0.3) is 5.91 Å². The van der Waals surface area contributed by atoms with Gasteiger partial charge >= 0.3 is 0 Å². The molecular formula is C26H31N5O3S. The van der Waals surface area contributed by atoms with E-state index in [9.17, 15) is 4.79 Å². The van der Waals surface area contributed by atoms with Crippen molar-refractivity contribution in [1.29, 1.82) is 0 Å². The SMILES string of the molecule is CC1CN(C2CCN(C(=O)c3nc4c(s3)CCOc3cc(-c5cn[nH]c5)ccc3-4)CC2)CC(C)O1. The maximum Gasteiger partial charge on any atom is 0.282 e. The molecule has 3 aliphatic heterocycles. The predicted molar refractivity (Wildman–Crippen MR) is 135 cm³/mol. The van der Waals surface area contributed by atoms with Crippen molar-refractivity contribution < 1.29 is 14.3 Å². The Kier molecular flexibility index (Phi) is 6.07. The van der Waals surface area contributed by atoms with Crippen LogP contribution in [-0.2, 0) is 11.2 Å². The van der Waals surface area contributed by atoms with Crippen LogP contribution in [0.3, 0.4) is 0 Å². The maximum atomic E-state index is 13.4. The lowest BCUT2D eigenvalue weighted by molar-refractivity contribution is -0.0856. The van der Waals surface area contributed by atoms with E-state index in [-0.39, 0.29) is 18.1 Å². The fourth-order valence-corrected chi connectivity index (χ4v) is 6.61. The highest BCUT2D eigenvalue weighted by Gasteiger charge is 2.33. The Hall–Kier alpha value is -2.75. The molecule has 2 atom stereocenters. The minimum atomic E-state index is 0.0581. The number of carbonyl (C=O) groups excluding carboxylic acids is 1. The van der Waals surface area contributed by atoms with Crippen molar-refractivity contribution in [2.75, 3.05) is 32.8 Å². The molecule has 0 aliphatic carbocycles. The van der Waals surface area contributed by atoms with Crippen LogP contribution in [0.4, 0.5) is 0 Å². The number of benzene rings is 1. The molecule has 6 rings (SSSR count). The molecule has 1 N–H and O–H groups in total. The van der Waals surface area contributed by atoms with Gasteiger partial charge in [0.1, 0.15) is 5.75 Å². The van der Waals surface area contributed by atoms with E-state index in [1.54, 1.807) is 6.20 Å². The van der Waals surface area contributed by atoms with E-state index in [1.165, 1.54) is 11.3 Å². The Balaban J connectivity index is 1.17. The number of aromatic nitrogens is 3. The van der Waals surface area contributed by atoms with Crippen LogP contribution in [0.5, 0.6) is 5.75 Å². The number of ether oxygens (including phenoxy) is 2. The molecule has 8 nitrogen and oxygen atoms in total. The van der Waals surface area contributed by atoms with Crippen LogP contribution >= 0.6 is 11.3 Å². The Labute approximate surface area is 209 Å². The largest absolute Gasteiger partial charge is 0.492 e. The van der Waals surface area contributed by atoms with Gasteiger partial charge in [-0.1, -0.05) is 6.07 Å².